The normalized spacial score (nSPS) is 14.6. The summed E-state index contributed by atoms with van der Waals surface area (Å²) in [5.74, 6) is 0.441. The molecule has 0 radical (unpaired) electrons. The fourth-order valence-corrected chi connectivity index (χ4v) is 4.14. The van der Waals surface area contributed by atoms with Gasteiger partial charge in [0.25, 0.3) is 0 Å². The molecule has 0 saturated heterocycles. The zero-order valence-electron chi connectivity index (χ0n) is 16.1. The zero-order valence-corrected chi connectivity index (χ0v) is 16.9. The number of rotatable bonds is 8. The van der Waals surface area contributed by atoms with E-state index in [4.69, 9.17) is 0 Å². The number of hydrogen-bond donors (Lipinski definition) is 1. The maximum absolute atomic E-state index is 12.6. The van der Waals surface area contributed by atoms with Gasteiger partial charge in [0.2, 0.25) is 5.91 Å². The van der Waals surface area contributed by atoms with Crippen LogP contribution >= 0.6 is 12.4 Å². The van der Waals surface area contributed by atoms with Crippen LogP contribution in [0.15, 0.2) is 42.5 Å². The van der Waals surface area contributed by atoms with E-state index in [1.165, 1.54) is 16.7 Å². The van der Waals surface area contributed by atoms with E-state index in [1.54, 1.807) is 0 Å². The van der Waals surface area contributed by atoms with Crippen molar-refractivity contribution < 1.29 is 9.59 Å². The molecule has 2 aliphatic rings. The molecule has 0 saturated carbocycles. The van der Waals surface area contributed by atoms with Crippen LogP contribution in [0.4, 0.5) is 5.69 Å². The number of amides is 1. The van der Waals surface area contributed by atoms with Crippen LogP contribution in [-0.4, -0.2) is 31.3 Å². The lowest BCUT2D eigenvalue weighted by atomic mass is 9.94. The second kappa shape index (κ2) is 9.35. The minimum absolute atomic E-state index is 0. The van der Waals surface area contributed by atoms with E-state index in [0.717, 1.165) is 56.6 Å². The number of Topliss-reactive ketones (excluding diaryl/α,β-unsaturated/α-hetero) is 1. The van der Waals surface area contributed by atoms with Crippen molar-refractivity contribution in [2.24, 2.45) is 0 Å². The highest BCUT2D eigenvalue weighted by molar-refractivity contribution is 6.02. The van der Waals surface area contributed by atoms with Crippen molar-refractivity contribution in [1.82, 2.24) is 5.32 Å². The summed E-state index contributed by atoms with van der Waals surface area (Å²) >= 11 is 0. The van der Waals surface area contributed by atoms with Crippen LogP contribution in [0.3, 0.4) is 0 Å². The Labute approximate surface area is 172 Å². The monoisotopic (exact) mass is 398 g/mol. The first-order chi connectivity index (χ1) is 13.2. The summed E-state index contributed by atoms with van der Waals surface area (Å²) in [6.45, 7) is 2.56. The Morgan fingerprint density at radius 2 is 1.75 bits per heavy atom. The summed E-state index contributed by atoms with van der Waals surface area (Å²) in [5.41, 5.74) is 5.59. The smallest absolute Gasteiger partial charge is 0.227 e. The summed E-state index contributed by atoms with van der Waals surface area (Å²) in [5, 5.41) is 3.43. The van der Waals surface area contributed by atoms with Crippen LogP contribution in [0.1, 0.15) is 46.3 Å². The number of anilines is 1. The Hall–Kier alpha value is -2.17. The van der Waals surface area contributed by atoms with Gasteiger partial charge >= 0.3 is 0 Å². The molecule has 4 nitrogen and oxygen atoms in total. The molecule has 0 atom stereocenters. The molecule has 0 fully saturated rings. The van der Waals surface area contributed by atoms with Crippen LogP contribution in [0.5, 0.6) is 0 Å². The second-order valence-corrected chi connectivity index (χ2v) is 7.45. The molecule has 1 N–H and O–H groups in total. The number of halogens is 1. The van der Waals surface area contributed by atoms with Gasteiger partial charge in [-0.3, -0.25) is 9.59 Å². The molecule has 4 rings (SSSR count). The molecular weight excluding hydrogens is 372 g/mol. The van der Waals surface area contributed by atoms with Gasteiger partial charge in [0.15, 0.2) is 5.78 Å². The Morgan fingerprint density at radius 1 is 1.00 bits per heavy atom. The van der Waals surface area contributed by atoms with E-state index in [9.17, 15) is 9.59 Å². The van der Waals surface area contributed by atoms with Gasteiger partial charge in [0.05, 0.1) is 5.69 Å². The summed E-state index contributed by atoms with van der Waals surface area (Å²) in [4.78, 5) is 26.5. The van der Waals surface area contributed by atoms with E-state index in [-0.39, 0.29) is 24.1 Å². The number of carbonyl (C=O) groups is 2. The van der Waals surface area contributed by atoms with Gasteiger partial charge in [-0.05, 0) is 67.6 Å². The van der Waals surface area contributed by atoms with Gasteiger partial charge in [-0.2, -0.15) is 0 Å². The third-order valence-corrected chi connectivity index (χ3v) is 5.56. The molecule has 0 spiro atoms. The number of hydrogen-bond acceptors (Lipinski definition) is 3. The Bertz CT molecular complexity index is 851. The predicted molar refractivity (Wildman–Crippen MR) is 115 cm³/mol. The lowest BCUT2D eigenvalue weighted by Crippen LogP contribution is -2.32. The summed E-state index contributed by atoms with van der Waals surface area (Å²) in [6.07, 6.45) is 4.63. The summed E-state index contributed by atoms with van der Waals surface area (Å²) in [7, 11) is 0. The van der Waals surface area contributed by atoms with E-state index < -0.39 is 0 Å². The summed E-state index contributed by atoms with van der Waals surface area (Å²) in [6, 6.07) is 14.5. The predicted octanol–water partition coefficient (Wildman–Crippen LogP) is 3.74. The fourth-order valence-electron chi connectivity index (χ4n) is 4.14. The van der Waals surface area contributed by atoms with E-state index in [0.29, 0.717) is 12.8 Å². The molecule has 2 aromatic rings. The highest BCUT2D eigenvalue weighted by Gasteiger charge is 2.31. The first kappa shape index (κ1) is 20.6. The largest absolute Gasteiger partial charge is 0.316 e. The topological polar surface area (TPSA) is 49.4 Å². The SMILES string of the molecule is Cl.O=C(CCCNCCc1ccccc1)c1cc2c3c(c1)CCN3C(=O)CC2. The first-order valence-corrected chi connectivity index (χ1v) is 9.96. The lowest BCUT2D eigenvalue weighted by Gasteiger charge is -2.25. The molecule has 148 valence electrons. The molecule has 2 heterocycles. The number of carbonyl (C=O) groups excluding carboxylic acids is 2. The fraction of sp³-hybridized carbons (Fsp3) is 0.391. The molecule has 5 heteroatoms. The minimum Gasteiger partial charge on any atom is -0.316 e. The Balaban J connectivity index is 0.00000225. The minimum atomic E-state index is 0. The Morgan fingerprint density at radius 3 is 2.54 bits per heavy atom. The van der Waals surface area contributed by atoms with Gasteiger partial charge in [0, 0.05) is 24.9 Å². The van der Waals surface area contributed by atoms with E-state index in [2.05, 4.69) is 29.6 Å². The van der Waals surface area contributed by atoms with Crippen LogP contribution in [0.25, 0.3) is 0 Å². The second-order valence-electron chi connectivity index (χ2n) is 7.45. The third kappa shape index (κ3) is 4.45. The number of benzene rings is 2. The molecule has 2 aromatic carbocycles. The van der Waals surface area contributed by atoms with Gasteiger partial charge in [0.1, 0.15) is 0 Å². The first-order valence-electron chi connectivity index (χ1n) is 9.96. The van der Waals surface area contributed by atoms with Crippen LogP contribution in [-0.2, 0) is 24.1 Å². The molecule has 2 aliphatic heterocycles. The molecule has 0 aromatic heterocycles. The van der Waals surface area contributed by atoms with Gasteiger partial charge < -0.3 is 10.2 Å². The highest BCUT2D eigenvalue weighted by Crippen LogP contribution is 2.37. The zero-order chi connectivity index (χ0) is 18.6. The summed E-state index contributed by atoms with van der Waals surface area (Å²) < 4.78 is 0. The average molecular weight is 399 g/mol. The van der Waals surface area contributed by atoms with Crippen molar-refractivity contribution in [3.8, 4) is 0 Å². The highest BCUT2D eigenvalue weighted by atomic mass is 35.5. The molecule has 0 unspecified atom stereocenters. The van der Waals surface area contributed by atoms with Crippen molar-refractivity contribution in [3.05, 3.63) is 64.7 Å². The lowest BCUT2D eigenvalue weighted by molar-refractivity contribution is -0.118. The molecule has 28 heavy (non-hydrogen) atoms. The standard InChI is InChI=1S/C23H26N2O2.ClH/c26-21(7-4-12-24-13-10-17-5-2-1-3-6-17)20-15-18-8-9-22(27)25-14-11-19(16-20)23(18)25;/h1-3,5-6,15-16,24H,4,7-14H2;1H. The van der Waals surface area contributed by atoms with Crippen LogP contribution in [0, 0.1) is 0 Å². The van der Waals surface area contributed by atoms with Crippen LogP contribution < -0.4 is 10.2 Å². The quantitative estimate of drug-likeness (QED) is 0.544. The maximum atomic E-state index is 12.6. The van der Waals surface area contributed by atoms with Crippen molar-refractivity contribution in [3.63, 3.8) is 0 Å². The molecule has 0 aliphatic carbocycles. The molecule has 0 bridgehead atoms. The van der Waals surface area contributed by atoms with Crippen molar-refractivity contribution in [2.75, 3.05) is 24.5 Å². The van der Waals surface area contributed by atoms with Gasteiger partial charge in [-0.25, -0.2) is 0 Å². The van der Waals surface area contributed by atoms with Crippen LogP contribution in [0.2, 0.25) is 0 Å². The molecule has 1 amide bonds. The van der Waals surface area contributed by atoms with Gasteiger partial charge in [-0.1, -0.05) is 30.3 Å². The van der Waals surface area contributed by atoms with E-state index >= 15 is 0 Å². The average Bonchev–Trinajstić information content (AvgIpc) is 3.13. The number of aryl methyl sites for hydroxylation is 1. The van der Waals surface area contributed by atoms with Crippen molar-refractivity contribution >= 4 is 29.8 Å². The Kier molecular flexibility index (Phi) is 6.87. The molecular formula is C23H27ClN2O2. The maximum Gasteiger partial charge on any atom is 0.227 e. The number of ketones is 1. The van der Waals surface area contributed by atoms with Gasteiger partial charge in [-0.15, -0.1) is 12.4 Å². The number of nitrogens with one attached hydrogen (secondary N) is 1. The third-order valence-electron chi connectivity index (χ3n) is 5.56. The van der Waals surface area contributed by atoms with Crippen molar-refractivity contribution in [1.29, 1.82) is 0 Å². The van der Waals surface area contributed by atoms with Crippen molar-refractivity contribution in [2.45, 2.75) is 38.5 Å². The number of nitrogens with zero attached hydrogens (tertiary/aromatic N) is 1. The van der Waals surface area contributed by atoms with E-state index in [1.807, 2.05) is 23.1 Å².